The number of hydrogen-bond acceptors (Lipinski definition) is 4. The van der Waals surface area contributed by atoms with E-state index in [9.17, 15) is 9.59 Å². The van der Waals surface area contributed by atoms with Crippen molar-refractivity contribution in [3.8, 4) is 5.75 Å². The standard InChI is InChI=1S/C18H18O4/c1-18(2,3)22-17(20)21-15-11-7-10-14(12-15)16(19)13-8-5-4-6-9-13/h4-12H,1-3H3. The van der Waals surface area contributed by atoms with Crippen molar-refractivity contribution in [3.63, 3.8) is 0 Å². The lowest BCUT2D eigenvalue weighted by atomic mass is 10.0. The highest BCUT2D eigenvalue weighted by Crippen LogP contribution is 2.18. The van der Waals surface area contributed by atoms with Crippen LogP contribution in [0.1, 0.15) is 36.7 Å². The lowest BCUT2D eigenvalue weighted by Crippen LogP contribution is -2.26. The summed E-state index contributed by atoms with van der Waals surface area (Å²) in [5.74, 6) is 0.145. The van der Waals surface area contributed by atoms with E-state index in [0.29, 0.717) is 11.1 Å². The molecule has 0 radical (unpaired) electrons. The maximum atomic E-state index is 12.3. The SMILES string of the molecule is CC(C)(C)OC(=O)Oc1cccc(C(=O)c2ccccc2)c1. The molecule has 0 saturated carbocycles. The predicted molar refractivity (Wildman–Crippen MR) is 83.2 cm³/mol. The van der Waals surface area contributed by atoms with E-state index in [2.05, 4.69) is 0 Å². The minimum Gasteiger partial charge on any atom is -0.428 e. The van der Waals surface area contributed by atoms with Gasteiger partial charge < -0.3 is 9.47 Å². The van der Waals surface area contributed by atoms with Crippen LogP contribution in [0.3, 0.4) is 0 Å². The Morgan fingerprint density at radius 2 is 1.50 bits per heavy atom. The summed E-state index contributed by atoms with van der Waals surface area (Å²) in [6.07, 6.45) is -0.795. The summed E-state index contributed by atoms with van der Waals surface area (Å²) in [5, 5.41) is 0. The van der Waals surface area contributed by atoms with Gasteiger partial charge in [0.2, 0.25) is 0 Å². The maximum Gasteiger partial charge on any atom is 0.514 e. The number of hydrogen-bond donors (Lipinski definition) is 0. The van der Waals surface area contributed by atoms with Gasteiger partial charge in [0.15, 0.2) is 5.78 Å². The van der Waals surface area contributed by atoms with Crippen molar-refractivity contribution in [2.24, 2.45) is 0 Å². The van der Waals surface area contributed by atoms with Crippen LogP contribution >= 0.6 is 0 Å². The molecule has 0 N–H and O–H groups in total. The average molecular weight is 298 g/mol. The molecule has 0 bridgehead atoms. The molecule has 2 rings (SSSR count). The topological polar surface area (TPSA) is 52.6 Å². The van der Waals surface area contributed by atoms with Gasteiger partial charge in [-0.15, -0.1) is 0 Å². The highest BCUT2D eigenvalue weighted by atomic mass is 16.7. The number of carbonyl (C=O) groups is 2. The summed E-state index contributed by atoms with van der Waals surface area (Å²) in [5.41, 5.74) is 0.401. The second-order valence-corrected chi connectivity index (χ2v) is 5.79. The van der Waals surface area contributed by atoms with Crippen molar-refractivity contribution >= 4 is 11.9 Å². The number of benzene rings is 2. The Morgan fingerprint density at radius 1 is 0.864 bits per heavy atom. The molecular weight excluding hydrogens is 280 g/mol. The van der Waals surface area contributed by atoms with Crippen molar-refractivity contribution in [1.29, 1.82) is 0 Å². The molecule has 0 saturated heterocycles. The Morgan fingerprint density at radius 3 is 2.14 bits per heavy atom. The Balaban J connectivity index is 2.14. The molecular formula is C18H18O4. The van der Waals surface area contributed by atoms with Crippen LogP contribution in [0.15, 0.2) is 54.6 Å². The van der Waals surface area contributed by atoms with E-state index in [0.717, 1.165) is 0 Å². The van der Waals surface area contributed by atoms with Crippen LogP contribution in [0.2, 0.25) is 0 Å². The third-order valence-corrected chi connectivity index (χ3v) is 2.72. The molecule has 114 valence electrons. The van der Waals surface area contributed by atoms with Gasteiger partial charge in [-0.2, -0.15) is 0 Å². The molecule has 0 unspecified atom stereocenters. The molecule has 0 aliphatic heterocycles. The summed E-state index contributed by atoms with van der Waals surface area (Å²) in [4.78, 5) is 24.0. The number of carbonyl (C=O) groups excluding carboxylic acids is 2. The molecule has 2 aromatic carbocycles. The first-order chi connectivity index (χ1) is 10.3. The van der Waals surface area contributed by atoms with Crippen molar-refractivity contribution in [2.75, 3.05) is 0 Å². The fourth-order valence-corrected chi connectivity index (χ4v) is 1.82. The van der Waals surface area contributed by atoms with E-state index in [1.165, 1.54) is 6.07 Å². The summed E-state index contributed by atoms with van der Waals surface area (Å²) in [6.45, 7) is 5.26. The highest BCUT2D eigenvalue weighted by molar-refractivity contribution is 6.09. The highest BCUT2D eigenvalue weighted by Gasteiger charge is 2.18. The fourth-order valence-electron chi connectivity index (χ4n) is 1.82. The molecule has 0 aliphatic carbocycles. The Kier molecular flexibility index (Phi) is 4.61. The molecule has 0 heterocycles. The van der Waals surface area contributed by atoms with Crippen LogP contribution in [0.25, 0.3) is 0 Å². The first-order valence-corrected chi connectivity index (χ1v) is 6.96. The van der Waals surface area contributed by atoms with Crippen LogP contribution in [0.4, 0.5) is 4.79 Å². The maximum absolute atomic E-state index is 12.3. The monoisotopic (exact) mass is 298 g/mol. The van der Waals surface area contributed by atoms with Gasteiger partial charge in [-0.05, 0) is 32.9 Å². The zero-order valence-electron chi connectivity index (χ0n) is 12.8. The second kappa shape index (κ2) is 6.43. The molecule has 2 aromatic rings. The normalized spacial score (nSPS) is 10.9. The number of ether oxygens (including phenoxy) is 2. The smallest absolute Gasteiger partial charge is 0.428 e. The number of rotatable bonds is 3. The van der Waals surface area contributed by atoms with Gasteiger partial charge in [-0.3, -0.25) is 4.79 Å². The molecule has 0 aliphatic rings. The lowest BCUT2D eigenvalue weighted by molar-refractivity contribution is 0.0206. The van der Waals surface area contributed by atoms with Gasteiger partial charge >= 0.3 is 6.16 Å². The first-order valence-electron chi connectivity index (χ1n) is 6.96. The third-order valence-electron chi connectivity index (χ3n) is 2.72. The lowest BCUT2D eigenvalue weighted by Gasteiger charge is -2.18. The predicted octanol–water partition coefficient (Wildman–Crippen LogP) is 4.23. The number of ketones is 1. The summed E-state index contributed by atoms with van der Waals surface area (Å²) < 4.78 is 10.2. The summed E-state index contributed by atoms with van der Waals surface area (Å²) >= 11 is 0. The van der Waals surface area contributed by atoms with Gasteiger partial charge in [0, 0.05) is 11.1 Å². The van der Waals surface area contributed by atoms with Crippen molar-refractivity contribution < 1.29 is 19.1 Å². The minimum absolute atomic E-state index is 0.129. The largest absolute Gasteiger partial charge is 0.514 e. The van der Waals surface area contributed by atoms with Crippen molar-refractivity contribution in [1.82, 2.24) is 0 Å². The van der Waals surface area contributed by atoms with Gasteiger partial charge in [0.05, 0.1) is 0 Å². The van der Waals surface area contributed by atoms with Crippen molar-refractivity contribution in [3.05, 3.63) is 65.7 Å². The molecule has 0 amide bonds. The fraction of sp³-hybridized carbons (Fsp3) is 0.222. The molecule has 0 spiro atoms. The molecule has 4 heteroatoms. The molecule has 0 fully saturated rings. The van der Waals surface area contributed by atoms with E-state index < -0.39 is 11.8 Å². The van der Waals surface area contributed by atoms with Gasteiger partial charge in [-0.1, -0.05) is 42.5 Å². The Labute approximate surface area is 129 Å². The van der Waals surface area contributed by atoms with Crippen LogP contribution < -0.4 is 4.74 Å². The van der Waals surface area contributed by atoms with Crippen molar-refractivity contribution in [2.45, 2.75) is 26.4 Å². The van der Waals surface area contributed by atoms with E-state index in [1.807, 2.05) is 6.07 Å². The average Bonchev–Trinajstić information content (AvgIpc) is 2.45. The van der Waals surface area contributed by atoms with Crippen LogP contribution in [0.5, 0.6) is 5.75 Å². The zero-order valence-corrected chi connectivity index (χ0v) is 12.8. The molecule has 0 aromatic heterocycles. The van der Waals surface area contributed by atoms with Crippen LogP contribution in [-0.2, 0) is 4.74 Å². The van der Waals surface area contributed by atoms with Crippen LogP contribution in [0, 0.1) is 0 Å². The van der Waals surface area contributed by atoms with E-state index in [-0.39, 0.29) is 11.5 Å². The van der Waals surface area contributed by atoms with E-state index >= 15 is 0 Å². The second-order valence-electron chi connectivity index (χ2n) is 5.79. The molecule has 4 nitrogen and oxygen atoms in total. The Hall–Kier alpha value is -2.62. The first kappa shape index (κ1) is 15.8. The molecule has 0 atom stereocenters. The van der Waals surface area contributed by atoms with E-state index in [1.54, 1.807) is 63.2 Å². The zero-order chi connectivity index (χ0) is 16.2. The van der Waals surface area contributed by atoms with Gasteiger partial charge in [-0.25, -0.2) is 4.79 Å². The Bertz CT molecular complexity index is 669. The van der Waals surface area contributed by atoms with E-state index in [4.69, 9.17) is 9.47 Å². The summed E-state index contributed by atoms with van der Waals surface area (Å²) in [7, 11) is 0. The minimum atomic E-state index is -0.795. The van der Waals surface area contributed by atoms with Gasteiger partial charge in [0.1, 0.15) is 11.4 Å². The van der Waals surface area contributed by atoms with Gasteiger partial charge in [0.25, 0.3) is 0 Å². The third kappa shape index (κ3) is 4.45. The van der Waals surface area contributed by atoms with Crippen LogP contribution in [-0.4, -0.2) is 17.5 Å². The quantitative estimate of drug-likeness (QED) is 0.483. The summed E-state index contributed by atoms with van der Waals surface area (Å²) in [6, 6.07) is 15.4. The molecule has 22 heavy (non-hydrogen) atoms.